The van der Waals surface area contributed by atoms with Crippen molar-refractivity contribution in [2.45, 2.75) is 39.7 Å². The third-order valence-electron chi connectivity index (χ3n) is 3.54. The molecule has 0 radical (unpaired) electrons. The molecule has 1 unspecified atom stereocenters. The Bertz CT molecular complexity index is 383. The Morgan fingerprint density at radius 3 is 2.81 bits per heavy atom. The quantitative estimate of drug-likeness (QED) is 0.817. The zero-order valence-electron chi connectivity index (χ0n) is 10.4. The van der Waals surface area contributed by atoms with Crippen molar-refractivity contribution in [1.29, 1.82) is 0 Å². The number of aryl methyl sites for hydroxylation is 1. The molecule has 0 spiro atoms. The van der Waals surface area contributed by atoms with Crippen LogP contribution in [0.1, 0.15) is 43.9 Å². The van der Waals surface area contributed by atoms with Crippen LogP contribution in [-0.2, 0) is 0 Å². The molecule has 1 aromatic heterocycles. The molecule has 0 aliphatic heterocycles. The summed E-state index contributed by atoms with van der Waals surface area (Å²) >= 11 is 0. The monoisotopic (exact) mass is 219 g/mol. The van der Waals surface area contributed by atoms with E-state index in [9.17, 15) is 0 Å². The Morgan fingerprint density at radius 1 is 1.56 bits per heavy atom. The van der Waals surface area contributed by atoms with Crippen molar-refractivity contribution < 1.29 is 0 Å². The van der Waals surface area contributed by atoms with Gasteiger partial charge in [-0.1, -0.05) is 13.8 Å². The van der Waals surface area contributed by atoms with Crippen LogP contribution in [0.15, 0.2) is 12.3 Å². The highest BCUT2D eigenvalue weighted by Crippen LogP contribution is 2.55. The van der Waals surface area contributed by atoms with Crippen LogP contribution in [0.3, 0.4) is 0 Å². The van der Waals surface area contributed by atoms with Crippen LogP contribution in [0.25, 0.3) is 0 Å². The second-order valence-electron chi connectivity index (χ2n) is 5.13. The summed E-state index contributed by atoms with van der Waals surface area (Å²) in [6, 6.07) is 2.52. The fraction of sp³-hybridized carbons (Fsp3) is 0.615. The van der Waals surface area contributed by atoms with Crippen LogP contribution >= 0.6 is 0 Å². The molecule has 2 rings (SSSR count). The van der Waals surface area contributed by atoms with Crippen LogP contribution < -0.4 is 11.1 Å². The lowest BCUT2D eigenvalue weighted by Crippen LogP contribution is -2.29. The van der Waals surface area contributed by atoms with Crippen molar-refractivity contribution in [2.75, 3.05) is 12.3 Å². The maximum Gasteiger partial charge on any atom is 0.128 e. The molecule has 16 heavy (non-hydrogen) atoms. The summed E-state index contributed by atoms with van der Waals surface area (Å²) in [5.74, 6) is 0.671. The average molecular weight is 219 g/mol. The Kier molecular flexibility index (Phi) is 2.89. The van der Waals surface area contributed by atoms with Gasteiger partial charge in [0.1, 0.15) is 5.82 Å². The van der Waals surface area contributed by atoms with Gasteiger partial charge in [-0.25, -0.2) is 4.98 Å². The summed E-state index contributed by atoms with van der Waals surface area (Å²) in [6.07, 6.45) is 4.38. The van der Waals surface area contributed by atoms with E-state index in [-0.39, 0.29) is 0 Å². The minimum Gasteiger partial charge on any atom is -0.383 e. The molecule has 88 valence electrons. The average Bonchev–Trinajstić information content (AvgIpc) is 2.98. The van der Waals surface area contributed by atoms with Crippen molar-refractivity contribution >= 4 is 5.82 Å². The molecular weight excluding hydrogens is 198 g/mol. The molecule has 1 atom stereocenters. The standard InChI is InChI=1S/C13H21N3/c1-4-15-11(13(3)5-6-13)10-7-9(2)8-16-12(10)14/h7-8,11,15H,4-6H2,1-3H3,(H2,14,16). The van der Waals surface area contributed by atoms with Gasteiger partial charge in [0.25, 0.3) is 0 Å². The first kappa shape index (κ1) is 11.4. The SMILES string of the molecule is CCNC(c1cc(C)cnc1N)C1(C)CC1. The van der Waals surface area contributed by atoms with Crippen LogP contribution in [0, 0.1) is 12.3 Å². The second kappa shape index (κ2) is 4.06. The molecule has 1 aliphatic rings. The summed E-state index contributed by atoms with van der Waals surface area (Å²) < 4.78 is 0. The largest absolute Gasteiger partial charge is 0.383 e. The van der Waals surface area contributed by atoms with Gasteiger partial charge in [0, 0.05) is 17.8 Å². The second-order valence-corrected chi connectivity index (χ2v) is 5.13. The molecule has 0 aromatic carbocycles. The molecule has 0 saturated heterocycles. The molecule has 0 bridgehead atoms. The van der Waals surface area contributed by atoms with Gasteiger partial charge >= 0.3 is 0 Å². The number of nitrogen functional groups attached to an aromatic ring is 1. The van der Waals surface area contributed by atoms with Gasteiger partial charge in [-0.05, 0) is 43.4 Å². The minimum absolute atomic E-state index is 0.352. The molecule has 1 fully saturated rings. The van der Waals surface area contributed by atoms with E-state index in [1.807, 2.05) is 6.20 Å². The summed E-state index contributed by atoms with van der Waals surface area (Å²) in [6.45, 7) is 7.49. The normalized spacial score (nSPS) is 19.4. The first-order valence-electron chi connectivity index (χ1n) is 6.02. The van der Waals surface area contributed by atoms with Gasteiger partial charge in [0.15, 0.2) is 0 Å². The number of nitrogens with zero attached hydrogens (tertiary/aromatic N) is 1. The van der Waals surface area contributed by atoms with E-state index in [1.165, 1.54) is 24.0 Å². The van der Waals surface area contributed by atoms with Crippen molar-refractivity contribution in [2.24, 2.45) is 5.41 Å². The number of aromatic nitrogens is 1. The van der Waals surface area contributed by atoms with Gasteiger partial charge in [-0.2, -0.15) is 0 Å². The summed E-state index contributed by atoms with van der Waals surface area (Å²) in [7, 11) is 0. The number of rotatable bonds is 4. The Hall–Kier alpha value is -1.09. The number of anilines is 1. The van der Waals surface area contributed by atoms with Gasteiger partial charge in [-0.3, -0.25) is 0 Å². The number of nitrogens with two attached hydrogens (primary N) is 1. The van der Waals surface area contributed by atoms with E-state index in [0.29, 0.717) is 17.3 Å². The van der Waals surface area contributed by atoms with Crippen LogP contribution in [0.4, 0.5) is 5.82 Å². The Balaban J connectivity index is 2.34. The molecule has 1 aromatic rings. The van der Waals surface area contributed by atoms with Gasteiger partial charge < -0.3 is 11.1 Å². The zero-order valence-corrected chi connectivity index (χ0v) is 10.4. The molecule has 1 aliphatic carbocycles. The van der Waals surface area contributed by atoms with E-state index in [1.54, 1.807) is 0 Å². The van der Waals surface area contributed by atoms with E-state index < -0.39 is 0 Å². The molecule has 3 heteroatoms. The van der Waals surface area contributed by atoms with Gasteiger partial charge in [0.2, 0.25) is 0 Å². The highest BCUT2D eigenvalue weighted by atomic mass is 15.0. The van der Waals surface area contributed by atoms with Crippen molar-refractivity contribution in [3.8, 4) is 0 Å². The highest BCUT2D eigenvalue weighted by Gasteiger charge is 2.45. The fourth-order valence-electron chi connectivity index (χ4n) is 2.26. The van der Waals surface area contributed by atoms with E-state index in [2.05, 4.69) is 37.1 Å². The third-order valence-corrected chi connectivity index (χ3v) is 3.54. The van der Waals surface area contributed by atoms with Crippen LogP contribution in [-0.4, -0.2) is 11.5 Å². The minimum atomic E-state index is 0.352. The van der Waals surface area contributed by atoms with Crippen LogP contribution in [0.5, 0.6) is 0 Å². The van der Waals surface area contributed by atoms with Crippen molar-refractivity contribution in [3.63, 3.8) is 0 Å². The highest BCUT2D eigenvalue weighted by molar-refractivity contribution is 5.44. The Labute approximate surface area is 97.5 Å². The molecule has 3 nitrogen and oxygen atoms in total. The topological polar surface area (TPSA) is 50.9 Å². The zero-order chi connectivity index (χ0) is 11.8. The van der Waals surface area contributed by atoms with Crippen LogP contribution in [0.2, 0.25) is 0 Å². The fourth-order valence-corrected chi connectivity index (χ4v) is 2.26. The lowest BCUT2D eigenvalue weighted by Gasteiger charge is -2.26. The van der Waals surface area contributed by atoms with Gasteiger partial charge in [-0.15, -0.1) is 0 Å². The predicted octanol–water partition coefficient (Wildman–Crippen LogP) is 2.42. The van der Waals surface area contributed by atoms with Crippen molar-refractivity contribution in [3.05, 3.63) is 23.4 Å². The summed E-state index contributed by atoms with van der Waals surface area (Å²) in [4.78, 5) is 4.26. The molecule has 1 heterocycles. The first-order valence-corrected chi connectivity index (χ1v) is 6.02. The molecule has 1 saturated carbocycles. The van der Waals surface area contributed by atoms with E-state index in [0.717, 1.165) is 6.54 Å². The predicted molar refractivity (Wildman–Crippen MR) is 67.1 cm³/mol. The maximum absolute atomic E-state index is 5.99. The molecule has 3 N–H and O–H groups in total. The number of pyridine rings is 1. The van der Waals surface area contributed by atoms with E-state index >= 15 is 0 Å². The summed E-state index contributed by atoms with van der Waals surface area (Å²) in [5.41, 5.74) is 8.71. The smallest absolute Gasteiger partial charge is 0.128 e. The van der Waals surface area contributed by atoms with Crippen molar-refractivity contribution in [1.82, 2.24) is 10.3 Å². The van der Waals surface area contributed by atoms with Gasteiger partial charge in [0.05, 0.1) is 0 Å². The molecule has 0 amide bonds. The lowest BCUT2D eigenvalue weighted by atomic mass is 9.91. The third kappa shape index (κ3) is 2.05. The number of hydrogen-bond donors (Lipinski definition) is 2. The van der Waals surface area contributed by atoms with E-state index in [4.69, 9.17) is 5.73 Å². The first-order chi connectivity index (χ1) is 7.57. The number of nitrogens with one attached hydrogen (secondary N) is 1. The number of hydrogen-bond acceptors (Lipinski definition) is 3. The Morgan fingerprint density at radius 2 is 2.25 bits per heavy atom. The lowest BCUT2D eigenvalue weighted by molar-refractivity contribution is 0.373. The maximum atomic E-state index is 5.99. The molecular formula is C13H21N3. The summed E-state index contributed by atoms with van der Waals surface area (Å²) in [5, 5.41) is 3.55.